The van der Waals surface area contributed by atoms with Crippen molar-refractivity contribution >= 4 is 71.2 Å². The van der Waals surface area contributed by atoms with Crippen LogP contribution in [0.4, 0.5) is 17.1 Å². The number of hydrogen-bond acceptors (Lipinski definition) is 1. The Morgan fingerprint density at radius 2 is 0.886 bits per heavy atom. The predicted molar refractivity (Wildman–Crippen MR) is 302 cm³/mol. The molecule has 0 saturated heterocycles. The molecule has 1 aromatic heterocycles. The Hall–Kier alpha value is -8.20. The van der Waals surface area contributed by atoms with Crippen LogP contribution in [0.25, 0.3) is 93.2 Å². The molecule has 0 aliphatic rings. The van der Waals surface area contributed by atoms with Gasteiger partial charge in [0.1, 0.15) is 0 Å². The Kier molecular flexibility index (Phi) is 10.3. The first-order valence-electron chi connectivity index (χ1n) is 24.7. The molecule has 0 spiro atoms. The lowest BCUT2D eigenvalue weighted by Crippen LogP contribution is -2.12. The van der Waals surface area contributed by atoms with Crippen LogP contribution in [-0.4, -0.2) is 4.57 Å². The lowest BCUT2D eigenvalue weighted by Gasteiger charge is -2.27. The molecule has 12 aromatic rings. The van der Waals surface area contributed by atoms with Crippen LogP contribution in [0, 0.1) is 0 Å². The number of fused-ring (bicyclic) bond motifs is 7. The molecule has 1 heterocycles. The fraction of sp³-hybridized carbons (Fsp3) is 0.118. The predicted octanol–water partition coefficient (Wildman–Crippen LogP) is 19.3. The van der Waals surface area contributed by atoms with Crippen molar-refractivity contribution in [2.75, 3.05) is 4.90 Å². The van der Waals surface area contributed by atoms with Crippen molar-refractivity contribution in [2.24, 2.45) is 0 Å². The summed E-state index contributed by atoms with van der Waals surface area (Å²) >= 11 is 0. The first-order chi connectivity index (χ1) is 34.0. The second-order valence-electron chi connectivity index (χ2n) is 21.0. The quantitative estimate of drug-likeness (QED) is 0.145. The summed E-state index contributed by atoms with van der Waals surface area (Å²) in [5, 5.41) is 10.1. The van der Waals surface area contributed by atoms with Crippen LogP contribution in [0.5, 0.6) is 0 Å². The van der Waals surface area contributed by atoms with E-state index >= 15 is 0 Å². The Bertz CT molecular complexity index is 3930. The Labute approximate surface area is 411 Å². The summed E-state index contributed by atoms with van der Waals surface area (Å²) in [6, 6.07) is 85.6. The first-order valence-corrected chi connectivity index (χ1v) is 24.7. The molecule has 0 amide bonds. The highest BCUT2D eigenvalue weighted by molar-refractivity contribution is 6.16. The molecule has 0 fully saturated rings. The van der Waals surface area contributed by atoms with Gasteiger partial charge in [-0.25, -0.2) is 0 Å². The normalized spacial score (nSPS) is 12.1. The molecule has 0 N–H and O–H groups in total. The molecule has 0 aliphatic carbocycles. The molecule has 0 atom stereocenters. The molecule has 12 rings (SSSR count). The summed E-state index contributed by atoms with van der Waals surface area (Å²) in [7, 11) is 0. The molecule has 0 aliphatic heterocycles. The third-order valence-corrected chi connectivity index (χ3v) is 14.5. The zero-order chi connectivity index (χ0) is 47.7. The highest BCUT2D eigenvalue weighted by Crippen LogP contribution is 2.45. The minimum Gasteiger partial charge on any atom is -0.310 e. The molecule has 70 heavy (non-hydrogen) atoms. The summed E-state index contributed by atoms with van der Waals surface area (Å²) in [4.78, 5) is 2.42. The van der Waals surface area contributed by atoms with Gasteiger partial charge in [-0.2, -0.15) is 0 Å². The van der Waals surface area contributed by atoms with Crippen LogP contribution < -0.4 is 4.90 Å². The fourth-order valence-electron chi connectivity index (χ4n) is 10.6. The van der Waals surface area contributed by atoms with Crippen LogP contribution in [0.2, 0.25) is 0 Å². The number of rotatable bonds is 7. The smallest absolute Gasteiger partial charge is 0.0550 e. The van der Waals surface area contributed by atoms with Crippen molar-refractivity contribution in [2.45, 2.75) is 52.4 Å². The molecule has 2 nitrogen and oxygen atoms in total. The van der Waals surface area contributed by atoms with Crippen molar-refractivity contribution in [3.05, 3.63) is 242 Å². The molecule has 0 bridgehead atoms. The molecule has 338 valence electrons. The van der Waals surface area contributed by atoms with Gasteiger partial charge in [0.2, 0.25) is 0 Å². The van der Waals surface area contributed by atoms with Crippen LogP contribution in [0.1, 0.15) is 52.7 Å². The number of nitrogens with zero attached hydrogens (tertiary/aromatic N) is 2. The van der Waals surface area contributed by atoms with E-state index in [-0.39, 0.29) is 10.8 Å². The largest absolute Gasteiger partial charge is 0.310 e. The van der Waals surface area contributed by atoms with Crippen molar-refractivity contribution < 1.29 is 0 Å². The average molecular weight is 901 g/mol. The third kappa shape index (κ3) is 7.61. The van der Waals surface area contributed by atoms with E-state index in [2.05, 4.69) is 282 Å². The van der Waals surface area contributed by atoms with E-state index in [0.29, 0.717) is 0 Å². The van der Waals surface area contributed by atoms with Gasteiger partial charge >= 0.3 is 0 Å². The topological polar surface area (TPSA) is 8.17 Å². The van der Waals surface area contributed by atoms with Gasteiger partial charge < -0.3 is 9.47 Å². The third-order valence-electron chi connectivity index (χ3n) is 14.5. The first kappa shape index (κ1) is 43.1. The van der Waals surface area contributed by atoms with Gasteiger partial charge in [0.25, 0.3) is 0 Å². The van der Waals surface area contributed by atoms with Crippen molar-refractivity contribution in [3.63, 3.8) is 0 Å². The van der Waals surface area contributed by atoms with E-state index in [4.69, 9.17) is 0 Å². The van der Waals surface area contributed by atoms with Crippen LogP contribution in [0.15, 0.2) is 231 Å². The molecular formula is C68H56N2. The van der Waals surface area contributed by atoms with Crippen molar-refractivity contribution in [1.29, 1.82) is 0 Å². The average Bonchev–Trinajstić information content (AvgIpc) is 3.72. The monoisotopic (exact) mass is 900 g/mol. The lowest BCUT2D eigenvalue weighted by molar-refractivity contribution is 0.591. The van der Waals surface area contributed by atoms with Gasteiger partial charge in [-0.15, -0.1) is 0 Å². The Morgan fingerprint density at radius 3 is 1.61 bits per heavy atom. The molecule has 11 aromatic carbocycles. The summed E-state index contributed by atoms with van der Waals surface area (Å²) < 4.78 is 2.49. The molecule has 2 heteroatoms. The molecular weight excluding hydrogens is 845 g/mol. The van der Waals surface area contributed by atoms with E-state index in [1.807, 2.05) is 0 Å². The van der Waals surface area contributed by atoms with E-state index in [1.54, 1.807) is 0 Å². The summed E-state index contributed by atoms with van der Waals surface area (Å²) in [6.07, 6.45) is 0. The minimum atomic E-state index is -0.0898. The maximum Gasteiger partial charge on any atom is 0.0550 e. The van der Waals surface area contributed by atoms with Crippen LogP contribution in [0.3, 0.4) is 0 Å². The van der Waals surface area contributed by atoms with Gasteiger partial charge in [-0.05, 0) is 160 Å². The number of para-hydroxylation sites is 1. The maximum atomic E-state index is 2.49. The number of anilines is 3. The summed E-state index contributed by atoms with van der Waals surface area (Å²) in [6.45, 7) is 13.9. The zero-order valence-corrected chi connectivity index (χ0v) is 40.8. The van der Waals surface area contributed by atoms with Gasteiger partial charge in [0, 0.05) is 33.5 Å². The van der Waals surface area contributed by atoms with Gasteiger partial charge in [0.05, 0.1) is 11.0 Å². The highest BCUT2D eigenvalue weighted by Gasteiger charge is 2.25. The SMILES string of the molecule is CC(C)(C)c1ccc2c3c(-c4cccc(N(c5ccc(-c6ccc7c(ccc8ccccc87)c6)cc5)c5ccc(-c6cccc7ccccc67)cc5)c4)cc(C(C)(C)C)cc3n(-c3ccccc3)c2c1. The number of aromatic nitrogens is 1. The minimum absolute atomic E-state index is 0.000545. The molecule has 0 radical (unpaired) electrons. The van der Waals surface area contributed by atoms with Crippen LogP contribution >= 0.6 is 0 Å². The number of benzene rings is 11. The van der Waals surface area contributed by atoms with Gasteiger partial charge in [-0.1, -0.05) is 199 Å². The lowest BCUT2D eigenvalue weighted by atomic mass is 9.83. The second-order valence-corrected chi connectivity index (χ2v) is 21.0. The Balaban J connectivity index is 1.03. The van der Waals surface area contributed by atoms with Gasteiger partial charge in [0.15, 0.2) is 0 Å². The second kappa shape index (κ2) is 16.8. The van der Waals surface area contributed by atoms with E-state index in [0.717, 1.165) is 22.7 Å². The zero-order valence-electron chi connectivity index (χ0n) is 40.8. The summed E-state index contributed by atoms with van der Waals surface area (Å²) in [5.41, 5.74) is 16.7. The maximum absolute atomic E-state index is 2.49. The molecule has 0 unspecified atom stereocenters. The van der Waals surface area contributed by atoms with E-state index in [9.17, 15) is 0 Å². The van der Waals surface area contributed by atoms with Crippen LogP contribution in [-0.2, 0) is 10.8 Å². The fourth-order valence-corrected chi connectivity index (χ4v) is 10.6. The standard InChI is InChI=1S/C68H56N2/c1-67(2,3)52-33-39-62-64(43-52)70(54-20-8-7-9-21-54)65-44-53(68(4,5)6)42-63(66(62)65)50-19-14-22-57(41-50)69(56-36-30-48(31-37-56)60-25-15-18-46-16-10-12-23-58(46)60)55-34-28-45(29-35-55)49-32-38-61-51(40-49)27-26-47-17-11-13-24-59(47)61/h7-44H,1-6H3. The summed E-state index contributed by atoms with van der Waals surface area (Å²) in [5.74, 6) is 0. The van der Waals surface area contributed by atoms with E-state index < -0.39 is 0 Å². The number of hydrogen-bond donors (Lipinski definition) is 0. The van der Waals surface area contributed by atoms with Gasteiger partial charge in [-0.3, -0.25) is 0 Å². The van der Waals surface area contributed by atoms with Crippen molar-refractivity contribution in [3.8, 4) is 39.1 Å². The van der Waals surface area contributed by atoms with Crippen molar-refractivity contribution in [1.82, 2.24) is 4.57 Å². The Morgan fingerprint density at radius 1 is 0.314 bits per heavy atom. The molecule has 0 saturated carbocycles. The highest BCUT2D eigenvalue weighted by atomic mass is 15.1. The van der Waals surface area contributed by atoms with E-state index in [1.165, 1.54) is 98.6 Å².